The molecule has 1 atom stereocenters. The van der Waals surface area contributed by atoms with Crippen molar-refractivity contribution in [2.45, 2.75) is 50.8 Å². The van der Waals surface area contributed by atoms with Crippen molar-refractivity contribution in [3.05, 3.63) is 16.4 Å². The molecule has 0 amide bonds. The monoisotopic (exact) mass is 306 g/mol. The fraction of sp³-hybridized carbons (Fsp3) is 0.750. The van der Waals surface area contributed by atoms with Crippen LogP contribution in [0.1, 0.15) is 44.5 Å². The summed E-state index contributed by atoms with van der Waals surface area (Å²) in [5, 5.41) is 5.28. The third kappa shape index (κ3) is 3.49. The quantitative estimate of drug-likeness (QED) is 0.723. The Kier molecular flexibility index (Phi) is 5.84. The molecule has 0 N–H and O–H groups in total. The molecule has 0 spiro atoms. The molecule has 1 rings (SSSR count). The second kappa shape index (κ2) is 6.65. The van der Waals surface area contributed by atoms with E-state index in [0.717, 1.165) is 30.0 Å². The van der Waals surface area contributed by atoms with Crippen LogP contribution in [0.15, 0.2) is 0 Å². The molecule has 0 saturated heterocycles. The smallest absolute Gasteiger partial charge is 0.0849 e. The van der Waals surface area contributed by atoms with E-state index in [1.165, 1.54) is 18.5 Å². The van der Waals surface area contributed by atoms with Gasteiger partial charge in [0.2, 0.25) is 0 Å². The summed E-state index contributed by atoms with van der Waals surface area (Å²) in [6.07, 6.45) is 5.46. The van der Waals surface area contributed by atoms with Crippen LogP contribution in [-0.4, -0.2) is 14.6 Å². The van der Waals surface area contributed by atoms with Gasteiger partial charge in [0.05, 0.1) is 16.4 Å². The Balaban J connectivity index is 2.63. The highest BCUT2D eigenvalue weighted by Crippen LogP contribution is 2.24. The molecule has 1 aromatic rings. The van der Waals surface area contributed by atoms with Crippen LogP contribution in [0.2, 0.25) is 5.02 Å². The van der Waals surface area contributed by atoms with Gasteiger partial charge in [-0.25, -0.2) is 0 Å². The van der Waals surface area contributed by atoms with Gasteiger partial charge in [-0.05, 0) is 25.7 Å². The Labute approximate surface area is 111 Å². The molecular weight excluding hydrogens is 288 g/mol. The van der Waals surface area contributed by atoms with Gasteiger partial charge in [-0.3, -0.25) is 4.68 Å². The molecule has 0 fully saturated rings. The molecule has 0 bridgehead atoms. The van der Waals surface area contributed by atoms with E-state index in [-0.39, 0.29) is 0 Å². The van der Waals surface area contributed by atoms with Crippen LogP contribution in [0.25, 0.3) is 0 Å². The molecule has 2 nitrogen and oxygen atoms in total. The average Bonchev–Trinajstić information content (AvgIpc) is 2.52. The maximum absolute atomic E-state index is 6.29. The SMILES string of the molecule is CCCC(Br)CCc1c(Cl)c(CC)nn1C. The fourth-order valence-corrected chi connectivity index (χ4v) is 2.92. The zero-order chi connectivity index (χ0) is 12.1. The lowest BCUT2D eigenvalue weighted by Gasteiger charge is -2.08. The molecule has 16 heavy (non-hydrogen) atoms. The second-order valence-electron chi connectivity index (χ2n) is 4.11. The van der Waals surface area contributed by atoms with E-state index in [2.05, 4.69) is 34.9 Å². The topological polar surface area (TPSA) is 17.8 Å². The minimum Gasteiger partial charge on any atom is -0.271 e. The number of aromatic nitrogens is 2. The highest BCUT2D eigenvalue weighted by Gasteiger charge is 2.13. The molecule has 0 aliphatic rings. The van der Waals surface area contributed by atoms with Gasteiger partial charge < -0.3 is 0 Å². The number of hydrogen-bond acceptors (Lipinski definition) is 1. The normalized spacial score (nSPS) is 13.1. The first-order valence-corrected chi connectivity index (χ1v) is 7.23. The lowest BCUT2D eigenvalue weighted by atomic mass is 10.1. The molecule has 0 radical (unpaired) electrons. The number of halogens is 2. The summed E-state index contributed by atoms with van der Waals surface area (Å²) in [6.45, 7) is 4.29. The van der Waals surface area contributed by atoms with Crippen LogP contribution < -0.4 is 0 Å². The summed E-state index contributed by atoms with van der Waals surface area (Å²) in [5.74, 6) is 0. The summed E-state index contributed by atoms with van der Waals surface area (Å²) < 4.78 is 1.92. The van der Waals surface area contributed by atoms with Gasteiger partial charge in [0.1, 0.15) is 0 Å². The molecular formula is C12H20BrClN2. The van der Waals surface area contributed by atoms with E-state index in [1.807, 2.05) is 11.7 Å². The van der Waals surface area contributed by atoms with Crippen LogP contribution >= 0.6 is 27.5 Å². The summed E-state index contributed by atoms with van der Waals surface area (Å²) in [5.41, 5.74) is 2.18. The molecule has 0 aromatic carbocycles. The van der Waals surface area contributed by atoms with E-state index in [0.29, 0.717) is 4.83 Å². The van der Waals surface area contributed by atoms with Crippen molar-refractivity contribution in [2.75, 3.05) is 0 Å². The number of alkyl halides is 1. The minimum absolute atomic E-state index is 0.591. The highest BCUT2D eigenvalue weighted by atomic mass is 79.9. The van der Waals surface area contributed by atoms with Crippen molar-refractivity contribution in [1.29, 1.82) is 0 Å². The molecule has 1 aromatic heterocycles. The van der Waals surface area contributed by atoms with Gasteiger partial charge in [0.15, 0.2) is 0 Å². The first-order chi connectivity index (χ1) is 7.60. The first kappa shape index (κ1) is 14.0. The lowest BCUT2D eigenvalue weighted by Crippen LogP contribution is -2.04. The van der Waals surface area contributed by atoms with Crippen molar-refractivity contribution < 1.29 is 0 Å². The number of aryl methyl sites for hydroxylation is 2. The average molecular weight is 308 g/mol. The van der Waals surface area contributed by atoms with Crippen LogP contribution in [0, 0.1) is 0 Å². The van der Waals surface area contributed by atoms with Crippen LogP contribution in [-0.2, 0) is 19.9 Å². The third-order valence-electron chi connectivity index (χ3n) is 2.80. The Morgan fingerprint density at radius 3 is 2.56 bits per heavy atom. The van der Waals surface area contributed by atoms with Crippen molar-refractivity contribution >= 4 is 27.5 Å². The largest absolute Gasteiger partial charge is 0.271 e. The summed E-state index contributed by atoms with van der Waals surface area (Å²) in [4.78, 5) is 0.591. The van der Waals surface area contributed by atoms with Crippen LogP contribution in [0.4, 0.5) is 0 Å². The molecule has 0 aliphatic heterocycles. The van der Waals surface area contributed by atoms with Crippen molar-refractivity contribution in [1.82, 2.24) is 9.78 Å². The molecule has 0 aliphatic carbocycles. The summed E-state index contributed by atoms with van der Waals surface area (Å²) in [6, 6.07) is 0. The maximum atomic E-state index is 6.29. The minimum atomic E-state index is 0.591. The number of nitrogens with zero attached hydrogens (tertiary/aromatic N) is 2. The zero-order valence-electron chi connectivity index (χ0n) is 10.3. The van der Waals surface area contributed by atoms with E-state index >= 15 is 0 Å². The predicted octanol–water partition coefficient (Wildman–Crippen LogP) is 4.13. The Morgan fingerprint density at radius 2 is 2.06 bits per heavy atom. The zero-order valence-corrected chi connectivity index (χ0v) is 12.6. The Morgan fingerprint density at radius 1 is 1.38 bits per heavy atom. The van der Waals surface area contributed by atoms with Crippen LogP contribution in [0.3, 0.4) is 0 Å². The van der Waals surface area contributed by atoms with Gasteiger partial charge in [0, 0.05) is 11.9 Å². The van der Waals surface area contributed by atoms with Gasteiger partial charge in [-0.1, -0.05) is 47.8 Å². The Bertz CT molecular complexity index is 336. The second-order valence-corrected chi connectivity index (χ2v) is 5.78. The van der Waals surface area contributed by atoms with Crippen molar-refractivity contribution in [2.24, 2.45) is 7.05 Å². The van der Waals surface area contributed by atoms with E-state index < -0.39 is 0 Å². The van der Waals surface area contributed by atoms with Crippen molar-refractivity contribution in [3.8, 4) is 0 Å². The van der Waals surface area contributed by atoms with E-state index in [9.17, 15) is 0 Å². The Hall–Kier alpha value is -0.0200. The molecule has 1 unspecified atom stereocenters. The summed E-state index contributed by atoms with van der Waals surface area (Å²) in [7, 11) is 1.98. The predicted molar refractivity (Wildman–Crippen MR) is 73.5 cm³/mol. The molecule has 92 valence electrons. The van der Waals surface area contributed by atoms with Gasteiger partial charge in [-0.2, -0.15) is 5.10 Å². The first-order valence-electron chi connectivity index (χ1n) is 5.94. The van der Waals surface area contributed by atoms with Crippen LogP contribution in [0.5, 0.6) is 0 Å². The number of rotatable bonds is 6. The van der Waals surface area contributed by atoms with Gasteiger partial charge in [-0.15, -0.1) is 0 Å². The standard InChI is InChI=1S/C12H20BrClN2/c1-4-6-9(13)7-8-11-12(14)10(5-2)15-16(11)3/h9H,4-8H2,1-3H3. The third-order valence-corrected chi connectivity index (χ3v) is 4.15. The lowest BCUT2D eigenvalue weighted by molar-refractivity contribution is 0.644. The summed E-state index contributed by atoms with van der Waals surface area (Å²) >= 11 is 9.99. The molecule has 1 heterocycles. The molecule has 4 heteroatoms. The fourth-order valence-electron chi connectivity index (χ4n) is 1.84. The van der Waals surface area contributed by atoms with Crippen molar-refractivity contribution in [3.63, 3.8) is 0 Å². The van der Waals surface area contributed by atoms with Gasteiger partial charge in [0.25, 0.3) is 0 Å². The molecule has 0 saturated carbocycles. The highest BCUT2D eigenvalue weighted by molar-refractivity contribution is 9.09. The maximum Gasteiger partial charge on any atom is 0.0849 e. The van der Waals surface area contributed by atoms with E-state index in [1.54, 1.807) is 0 Å². The van der Waals surface area contributed by atoms with E-state index in [4.69, 9.17) is 11.6 Å². The number of hydrogen-bond donors (Lipinski definition) is 0. The van der Waals surface area contributed by atoms with Gasteiger partial charge >= 0.3 is 0 Å².